The fourth-order valence-electron chi connectivity index (χ4n) is 3.43. The Balaban J connectivity index is 1.83. The van der Waals surface area contributed by atoms with Crippen LogP contribution in [0.1, 0.15) is 11.1 Å². The number of hydrogen-bond acceptors (Lipinski definition) is 10. The van der Waals surface area contributed by atoms with Gasteiger partial charge in [-0.15, -0.1) is 21.9 Å². The number of anilines is 1. The molecule has 3 aromatic carbocycles. The number of aliphatic hydroxyl groups is 1. The Bertz CT molecular complexity index is 1250. The average Bonchev–Trinajstić information content (AvgIpc) is 2.87. The van der Waals surface area contributed by atoms with Crippen molar-refractivity contribution in [1.82, 2.24) is 0 Å². The molecule has 188 valence electrons. The molecule has 0 bridgehead atoms. The summed E-state index contributed by atoms with van der Waals surface area (Å²) in [7, 11) is 1.50. The molecular formula is C25H27N6O5-. The third-order valence-electron chi connectivity index (χ3n) is 5.31. The molecule has 3 aromatic rings. The molecule has 0 aromatic heterocycles. The van der Waals surface area contributed by atoms with E-state index in [0.717, 1.165) is 16.8 Å². The van der Waals surface area contributed by atoms with Gasteiger partial charge in [0.2, 0.25) is 0 Å². The van der Waals surface area contributed by atoms with Crippen molar-refractivity contribution in [3.8, 4) is 5.75 Å². The van der Waals surface area contributed by atoms with E-state index in [-0.39, 0.29) is 24.6 Å². The lowest BCUT2D eigenvalue weighted by molar-refractivity contribution is -0.384. The van der Waals surface area contributed by atoms with Crippen molar-refractivity contribution in [2.24, 2.45) is 20.5 Å². The number of ether oxygens (including phenoxy) is 1. The Labute approximate surface area is 208 Å². The molecule has 1 N–H and O–H groups in total. The van der Waals surface area contributed by atoms with Gasteiger partial charge in [-0.05, 0) is 61.4 Å². The maximum absolute atomic E-state index is 11.3. The molecule has 0 aliphatic rings. The highest BCUT2D eigenvalue weighted by Gasteiger charge is 2.14. The van der Waals surface area contributed by atoms with Crippen molar-refractivity contribution in [2.45, 2.75) is 13.8 Å². The van der Waals surface area contributed by atoms with Gasteiger partial charge in [-0.25, -0.2) is 0 Å². The first-order valence-corrected chi connectivity index (χ1v) is 11.2. The van der Waals surface area contributed by atoms with Crippen LogP contribution in [0, 0.1) is 24.0 Å². The van der Waals surface area contributed by atoms with E-state index in [4.69, 9.17) is 4.74 Å². The van der Waals surface area contributed by atoms with Gasteiger partial charge in [0.1, 0.15) is 11.4 Å². The van der Waals surface area contributed by atoms with Gasteiger partial charge < -0.3 is 19.8 Å². The smallest absolute Gasteiger partial charge is 0.296 e. The van der Waals surface area contributed by atoms with Gasteiger partial charge in [-0.1, -0.05) is 6.07 Å². The summed E-state index contributed by atoms with van der Waals surface area (Å²) in [4.78, 5) is 12.6. The first-order chi connectivity index (χ1) is 17.4. The predicted molar refractivity (Wildman–Crippen MR) is 135 cm³/mol. The van der Waals surface area contributed by atoms with Crippen LogP contribution in [0.25, 0.3) is 0 Å². The molecule has 0 atom stereocenters. The molecular weight excluding hydrogens is 464 g/mol. The Kier molecular flexibility index (Phi) is 9.14. The second kappa shape index (κ2) is 12.5. The Morgan fingerprint density at radius 1 is 0.917 bits per heavy atom. The first kappa shape index (κ1) is 26.4. The lowest BCUT2D eigenvalue weighted by atomic mass is 10.1. The molecule has 0 fully saturated rings. The number of nitrogens with zero attached hydrogens (tertiary/aromatic N) is 6. The topological polar surface area (TPSA) is 148 Å². The molecule has 0 amide bonds. The highest BCUT2D eigenvalue weighted by atomic mass is 16.6. The minimum Gasteiger partial charge on any atom is -0.853 e. The molecule has 36 heavy (non-hydrogen) atoms. The van der Waals surface area contributed by atoms with Crippen LogP contribution in [0.15, 0.2) is 75.1 Å². The molecule has 0 heterocycles. The van der Waals surface area contributed by atoms with Crippen LogP contribution in [0.3, 0.4) is 0 Å². The summed E-state index contributed by atoms with van der Waals surface area (Å²) in [6, 6.07) is 15.3. The van der Waals surface area contributed by atoms with E-state index in [1.54, 1.807) is 48.2 Å². The van der Waals surface area contributed by atoms with Gasteiger partial charge in [0, 0.05) is 30.9 Å². The van der Waals surface area contributed by atoms with Crippen molar-refractivity contribution < 1.29 is 19.9 Å². The summed E-state index contributed by atoms with van der Waals surface area (Å²) in [5, 5.41) is 48.3. The van der Waals surface area contributed by atoms with E-state index in [1.165, 1.54) is 13.2 Å². The van der Waals surface area contributed by atoms with E-state index in [9.17, 15) is 20.3 Å². The third kappa shape index (κ3) is 6.68. The minimum absolute atomic E-state index is 0.0436. The van der Waals surface area contributed by atoms with E-state index < -0.39 is 4.92 Å². The number of aliphatic hydroxyl groups excluding tert-OH is 1. The summed E-state index contributed by atoms with van der Waals surface area (Å²) >= 11 is 0. The molecule has 11 heteroatoms. The molecule has 0 spiro atoms. The number of azo groups is 2. The van der Waals surface area contributed by atoms with Gasteiger partial charge in [-0.3, -0.25) is 10.1 Å². The van der Waals surface area contributed by atoms with E-state index >= 15 is 0 Å². The Hall–Kier alpha value is -4.22. The number of nitro groups is 1. The van der Waals surface area contributed by atoms with Crippen LogP contribution in [-0.2, 0) is 0 Å². The van der Waals surface area contributed by atoms with E-state index in [1.807, 2.05) is 19.1 Å². The fourth-order valence-corrected chi connectivity index (χ4v) is 3.43. The largest absolute Gasteiger partial charge is 0.853 e. The normalized spacial score (nSPS) is 11.4. The van der Waals surface area contributed by atoms with Crippen molar-refractivity contribution in [1.29, 1.82) is 0 Å². The number of benzene rings is 3. The molecule has 0 saturated heterocycles. The lowest BCUT2D eigenvalue weighted by Gasteiger charge is -2.25. The van der Waals surface area contributed by atoms with E-state index in [0.29, 0.717) is 35.9 Å². The monoisotopic (exact) mass is 491 g/mol. The van der Waals surface area contributed by atoms with Gasteiger partial charge in [-0.2, -0.15) is 5.11 Å². The van der Waals surface area contributed by atoms with Crippen molar-refractivity contribution >= 4 is 34.1 Å². The van der Waals surface area contributed by atoms with Crippen molar-refractivity contribution in [3.63, 3.8) is 0 Å². The first-order valence-electron chi connectivity index (χ1n) is 11.2. The van der Waals surface area contributed by atoms with Crippen LogP contribution < -0.4 is 14.7 Å². The summed E-state index contributed by atoms with van der Waals surface area (Å²) in [5.74, 6) is 0.415. The summed E-state index contributed by atoms with van der Waals surface area (Å²) in [6.45, 7) is 3.96. The second-order valence-corrected chi connectivity index (χ2v) is 7.89. The quantitative estimate of drug-likeness (QED) is 0.221. The maximum atomic E-state index is 11.3. The Morgan fingerprint density at radius 3 is 2.25 bits per heavy atom. The molecule has 0 saturated carbocycles. The Morgan fingerprint density at radius 2 is 1.61 bits per heavy atom. The number of rotatable bonds is 11. The number of aryl methyl sites for hydroxylation is 2. The van der Waals surface area contributed by atoms with Gasteiger partial charge in [0.05, 0.1) is 30.0 Å². The van der Waals surface area contributed by atoms with Crippen molar-refractivity contribution in [2.75, 3.05) is 38.3 Å². The van der Waals surface area contributed by atoms with Crippen LogP contribution in [0.2, 0.25) is 0 Å². The highest BCUT2D eigenvalue weighted by molar-refractivity contribution is 5.64. The zero-order chi connectivity index (χ0) is 26.1. The van der Waals surface area contributed by atoms with E-state index in [2.05, 4.69) is 20.5 Å². The van der Waals surface area contributed by atoms with Crippen LogP contribution >= 0.6 is 0 Å². The number of methoxy groups -OCH3 is 1. The number of nitro benzene ring substituents is 1. The lowest BCUT2D eigenvalue weighted by Crippen LogP contribution is -2.33. The van der Waals surface area contributed by atoms with Crippen molar-refractivity contribution in [3.05, 3.63) is 75.8 Å². The van der Waals surface area contributed by atoms with Crippen LogP contribution in [-0.4, -0.2) is 43.4 Å². The zero-order valence-corrected chi connectivity index (χ0v) is 20.3. The van der Waals surface area contributed by atoms with Crippen LogP contribution in [0.5, 0.6) is 5.75 Å². The summed E-state index contributed by atoms with van der Waals surface area (Å²) in [5.41, 5.74) is 3.90. The van der Waals surface area contributed by atoms with Crippen LogP contribution in [0.4, 0.5) is 34.1 Å². The second-order valence-electron chi connectivity index (χ2n) is 7.89. The molecule has 0 aliphatic heterocycles. The number of hydrogen-bond donors (Lipinski definition) is 1. The molecule has 3 rings (SSSR count). The minimum atomic E-state index is -0.487. The average molecular weight is 492 g/mol. The SMILES string of the molecule is COc1cc(N=Nc2ccc(C)cc2[N+](=O)[O-])c(C)cc1N=Nc1ccc(N(CC[O-])CCO)cc1. The standard InChI is InChI=1S/C25H27N6O5/c1-17-4-9-21(24(14-17)31(34)35)27-28-22-16-25(36-3)23(15-18(22)2)29-26-19-5-7-20(8-6-19)30(10-12-32)11-13-33/h4-9,14-16,32H,10-13H2,1-3H3/q-1. The predicted octanol–water partition coefficient (Wildman–Crippen LogP) is 5.21. The molecule has 0 unspecified atom stereocenters. The van der Waals surface area contributed by atoms with Gasteiger partial charge in [0.15, 0.2) is 5.69 Å². The summed E-state index contributed by atoms with van der Waals surface area (Å²) < 4.78 is 5.44. The van der Waals surface area contributed by atoms with Gasteiger partial charge >= 0.3 is 0 Å². The summed E-state index contributed by atoms with van der Waals surface area (Å²) in [6.07, 6.45) is 0. The molecule has 0 aliphatic carbocycles. The fraction of sp³-hybridized carbons (Fsp3) is 0.280. The zero-order valence-electron chi connectivity index (χ0n) is 20.3. The molecule has 0 radical (unpaired) electrons. The third-order valence-corrected chi connectivity index (χ3v) is 5.31. The maximum Gasteiger partial charge on any atom is 0.296 e. The highest BCUT2D eigenvalue weighted by Crippen LogP contribution is 2.37. The molecule has 11 nitrogen and oxygen atoms in total. The van der Waals surface area contributed by atoms with Gasteiger partial charge in [0.25, 0.3) is 5.69 Å².